The Morgan fingerprint density at radius 3 is 2.15 bits per heavy atom. The van der Waals surface area contributed by atoms with E-state index in [0.717, 1.165) is 4.31 Å². The minimum atomic E-state index is -4.19. The number of hydrogen-bond donors (Lipinski definition) is 1. The molecule has 0 saturated heterocycles. The molecule has 0 heterocycles. The average molecular weight is 570 g/mol. The van der Waals surface area contributed by atoms with Crippen molar-refractivity contribution in [3.63, 3.8) is 0 Å². The summed E-state index contributed by atoms with van der Waals surface area (Å²) in [4.78, 5) is 28.2. The molecule has 1 N–H and O–H groups in total. The van der Waals surface area contributed by atoms with Gasteiger partial charge in [-0.05, 0) is 69.7 Å². The molecule has 3 rings (SSSR count). The first kappa shape index (κ1) is 30.6. The van der Waals surface area contributed by atoms with Gasteiger partial charge in [-0.3, -0.25) is 13.9 Å². The van der Waals surface area contributed by atoms with Crippen LogP contribution in [-0.4, -0.2) is 50.4 Å². The van der Waals surface area contributed by atoms with Crippen LogP contribution in [0.1, 0.15) is 39.7 Å². The van der Waals surface area contributed by atoms with Crippen molar-refractivity contribution in [2.45, 2.75) is 57.6 Å². The lowest BCUT2D eigenvalue weighted by molar-refractivity contribution is -0.139. The highest BCUT2D eigenvalue weighted by atomic mass is 32.2. The fourth-order valence-electron chi connectivity index (χ4n) is 3.98. The van der Waals surface area contributed by atoms with Crippen molar-refractivity contribution in [2.75, 3.05) is 17.5 Å². The summed E-state index contributed by atoms with van der Waals surface area (Å²) >= 11 is 0. The van der Waals surface area contributed by atoms with Gasteiger partial charge in [0.2, 0.25) is 11.8 Å². The lowest BCUT2D eigenvalue weighted by Crippen LogP contribution is -2.52. The van der Waals surface area contributed by atoms with E-state index in [1.54, 1.807) is 55.5 Å². The van der Waals surface area contributed by atoms with E-state index in [1.807, 2.05) is 20.8 Å². The summed E-state index contributed by atoms with van der Waals surface area (Å²) in [7, 11) is -4.19. The maximum atomic E-state index is 14.6. The normalized spacial score (nSPS) is 12.7. The summed E-state index contributed by atoms with van der Waals surface area (Å²) in [6.45, 7) is 6.74. The summed E-state index contributed by atoms with van der Waals surface area (Å²) in [5.41, 5.74) is 0.445. The van der Waals surface area contributed by atoms with Gasteiger partial charge in [0.05, 0.1) is 17.2 Å². The van der Waals surface area contributed by atoms with Gasteiger partial charge in [-0.15, -0.1) is 0 Å². The molecule has 2 amide bonds. The zero-order valence-corrected chi connectivity index (χ0v) is 24.0. The Kier molecular flexibility index (Phi) is 10.7. The molecule has 3 aromatic rings. The molecule has 0 radical (unpaired) electrons. The number of nitrogens with one attached hydrogen (secondary N) is 1. The Morgan fingerprint density at radius 1 is 0.925 bits per heavy atom. The minimum Gasteiger partial charge on any atom is -0.494 e. The summed E-state index contributed by atoms with van der Waals surface area (Å²) in [5.74, 6) is -1.07. The van der Waals surface area contributed by atoms with Crippen LogP contribution in [0.4, 0.5) is 10.1 Å². The van der Waals surface area contributed by atoms with E-state index in [-0.39, 0.29) is 28.7 Å². The van der Waals surface area contributed by atoms with E-state index in [1.165, 1.54) is 35.2 Å². The molecular formula is C30H36FN3O5S. The molecule has 0 saturated carbocycles. The number of ether oxygens (including phenoxy) is 1. The third kappa shape index (κ3) is 7.59. The maximum Gasteiger partial charge on any atom is 0.264 e. The van der Waals surface area contributed by atoms with Crippen molar-refractivity contribution in [3.05, 3.63) is 90.2 Å². The van der Waals surface area contributed by atoms with E-state index in [9.17, 15) is 22.4 Å². The van der Waals surface area contributed by atoms with Crippen molar-refractivity contribution in [1.82, 2.24) is 10.2 Å². The summed E-state index contributed by atoms with van der Waals surface area (Å²) in [6.07, 6.45) is 0.681. The lowest BCUT2D eigenvalue weighted by atomic mass is 10.1. The van der Waals surface area contributed by atoms with Crippen LogP contribution in [0.5, 0.6) is 5.75 Å². The van der Waals surface area contributed by atoms with Crippen LogP contribution in [0.2, 0.25) is 0 Å². The lowest BCUT2D eigenvalue weighted by Gasteiger charge is -2.32. The van der Waals surface area contributed by atoms with Gasteiger partial charge in [0.15, 0.2) is 0 Å². The number of hydrogen-bond acceptors (Lipinski definition) is 5. The van der Waals surface area contributed by atoms with E-state index < -0.39 is 40.2 Å². The van der Waals surface area contributed by atoms with E-state index in [2.05, 4.69) is 5.32 Å². The minimum absolute atomic E-state index is 0.0000920. The monoisotopic (exact) mass is 569 g/mol. The van der Waals surface area contributed by atoms with Crippen LogP contribution in [0.3, 0.4) is 0 Å². The Bertz CT molecular complexity index is 1380. The standard InChI is InChI=1S/C30H36FN3O5S/c1-5-22(3)32-30(36)23(4)33(20-24-12-10-11-15-28(24)31)29(35)21-34(25-16-18-26(19-17-25)39-6-2)40(37,38)27-13-8-7-9-14-27/h7-19,22-23H,5-6,20-21H2,1-4H3,(H,32,36)/t22-,23+/m0/s1. The molecule has 8 nitrogen and oxygen atoms in total. The smallest absolute Gasteiger partial charge is 0.264 e. The van der Waals surface area contributed by atoms with E-state index >= 15 is 0 Å². The molecule has 0 spiro atoms. The van der Waals surface area contributed by atoms with Crippen molar-refractivity contribution >= 4 is 27.5 Å². The van der Waals surface area contributed by atoms with Crippen LogP contribution in [-0.2, 0) is 26.2 Å². The van der Waals surface area contributed by atoms with Gasteiger partial charge in [0.25, 0.3) is 10.0 Å². The van der Waals surface area contributed by atoms with Crippen molar-refractivity contribution in [3.8, 4) is 5.75 Å². The first-order valence-electron chi connectivity index (χ1n) is 13.2. The SMILES string of the molecule is CCOc1ccc(N(CC(=O)N(Cc2ccccc2F)[C@H](C)C(=O)N[C@@H](C)CC)S(=O)(=O)c2ccccc2)cc1. The molecule has 0 unspecified atom stereocenters. The molecule has 40 heavy (non-hydrogen) atoms. The number of rotatable bonds is 13. The van der Waals surface area contributed by atoms with Crippen LogP contribution in [0.15, 0.2) is 83.8 Å². The second-order valence-corrected chi connectivity index (χ2v) is 11.2. The molecule has 0 aliphatic heterocycles. The molecule has 0 aromatic heterocycles. The van der Waals surface area contributed by atoms with Gasteiger partial charge in [-0.25, -0.2) is 12.8 Å². The number of carbonyl (C=O) groups is 2. The molecule has 214 valence electrons. The topological polar surface area (TPSA) is 96.0 Å². The van der Waals surface area contributed by atoms with Crippen LogP contribution >= 0.6 is 0 Å². The molecular weight excluding hydrogens is 533 g/mol. The first-order chi connectivity index (χ1) is 19.1. The fourth-order valence-corrected chi connectivity index (χ4v) is 5.42. The highest BCUT2D eigenvalue weighted by Gasteiger charge is 2.33. The molecule has 0 fully saturated rings. The molecule has 0 bridgehead atoms. The number of nitrogens with zero attached hydrogens (tertiary/aromatic N) is 2. The summed E-state index contributed by atoms with van der Waals surface area (Å²) in [5, 5.41) is 2.85. The molecule has 10 heteroatoms. The quantitative estimate of drug-likeness (QED) is 0.321. The van der Waals surface area contributed by atoms with Crippen molar-refractivity contribution in [1.29, 1.82) is 0 Å². The number of anilines is 1. The van der Waals surface area contributed by atoms with Gasteiger partial charge in [0, 0.05) is 18.2 Å². The maximum absolute atomic E-state index is 14.6. The van der Waals surface area contributed by atoms with E-state index in [4.69, 9.17) is 4.74 Å². The zero-order valence-electron chi connectivity index (χ0n) is 23.2. The fraction of sp³-hybridized carbons (Fsp3) is 0.333. The highest BCUT2D eigenvalue weighted by Crippen LogP contribution is 2.26. The van der Waals surface area contributed by atoms with Gasteiger partial charge in [-0.1, -0.05) is 43.3 Å². The summed E-state index contributed by atoms with van der Waals surface area (Å²) < 4.78 is 48.7. The third-order valence-corrected chi connectivity index (χ3v) is 8.30. The van der Waals surface area contributed by atoms with Crippen molar-refractivity contribution in [2.24, 2.45) is 0 Å². The number of halogens is 1. The second-order valence-electron chi connectivity index (χ2n) is 9.36. The second kappa shape index (κ2) is 13.9. The number of sulfonamides is 1. The Morgan fingerprint density at radius 2 is 1.55 bits per heavy atom. The van der Waals surface area contributed by atoms with Gasteiger partial charge in [0.1, 0.15) is 24.2 Å². The van der Waals surface area contributed by atoms with Gasteiger partial charge >= 0.3 is 0 Å². The third-order valence-electron chi connectivity index (χ3n) is 6.51. The number of benzene rings is 3. The van der Waals surface area contributed by atoms with E-state index in [0.29, 0.717) is 18.8 Å². The Labute approximate surface area is 235 Å². The van der Waals surface area contributed by atoms with Crippen LogP contribution < -0.4 is 14.4 Å². The Hall–Kier alpha value is -3.92. The summed E-state index contributed by atoms with van der Waals surface area (Å²) in [6, 6.07) is 19.0. The molecule has 0 aliphatic rings. The van der Waals surface area contributed by atoms with Gasteiger partial charge < -0.3 is 15.0 Å². The largest absolute Gasteiger partial charge is 0.494 e. The van der Waals surface area contributed by atoms with Gasteiger partial charge in [-0.2, -0.15) is 0 Å². The molecule has 2 atom stereocenters. The molecule has 3 aromatic carbocycles. The Balaban J connectivity index is 2.02. The van der Waals surface area contributed by atoms with Crippen LogP contribution in [0, 0.1) is 5.82 Å². The molecule has 0 aliphatic carbocycles. The predicted octanol–water partition coefficient (Wildman–Crippen LogP) is 4.75. The highest BCUT2D eigenvalue weighted by molar-refractivity contribution is 7.92. The van der Waals surface area contributed by atoms with Crippen LogP contribution in [0.25, 0.3) is 0 Å². The number of amides is 2. The van der Waals surface area contributed by atoms with Crippen molar-refractivity contribution < 1.29 is 27.1 Å². The number of carbonyl (C=O) groups excluding carboxylic acids is 2. The predicted molar refractivity (Wildman–Crippen MR) is 153 cm³/mol. The zero-order chi connectivity index (χ0) is 29.3. The average Bonchev–Trinajstić information content (AvgIpc) is 2.96. The first-order valence-corrected chi connectivity index (χ1v) is 14.7.